The fourth-order valence-electron chi connectivity index (χ4n) is 2.11. The number of rotatable bonds is 4. The van der Waals surface area contributed by atoms with Crippen molar-refractivity contribution in [2.75, 3.05) is 11.9 Å². The van der Waals surface area contributed by atoms with Crippen molar-refractivity contribution in [3.05, 3.63) is 34.1 Å². The molecule has 0 bridgehead atoms. The van der Waals surface area contributed by atoms with Crippen LogP contribution in [0.5, 0.6) is 0 Å². The van der Waals surface area contributed by atoms with Gasteiger partial charge in [-0.05, 0) is 31.9 Å². The zero-order chi connectivity index (χ0) is 13.1. The van der Waals surface area contributed by atoms with Crippen LogP contribution in [0.15, 0.2) is 18.2 Å². The maximum Gasteiger partial charge on any atom is 0.295 e. The first-order chi connectivity index (χ1) is 8.58. The predicted octanol–water partition coefficient (Wildman–Crippen LogP) is 2.71. The lowest BCUT2D eigenvalue weighted by Crippen LogP contribution is -2.30. The van der Waals surface area contributed by atoms with Crippen LogP contribution in [0.25, 0.3) is 0 Å². The molecule has 1 saturated heterocycles. The molecule has 0 radical (unpaired) electrons. The number of nitrogens with zero attached hydrogens (tertiary/aromatic N) is 1. The highest BCUT2D eigenvalue weighted by Crippen LogP contribution is 2.27. The second-order valence-electron chi connectivity index (χ2n) is 4.40. The SMILES string of the molecule is CC(Nc1ccc(F)cc1[N+](=O)[O-])C1CCCO1. The zero-order valence-corrected chi connectivity index (χ0v) is 10.1. The molecular formula is C12H15FN2O3. The molecule has 1 aliphatic heterocycles. The summed E-state index contributed by atoms with van der Waals surface area (Å²) >= 11 is 0. The smallest absolute Gasteiger partial charge is 0.295 e. The van der Waals surface area contributed by atoms with Crippen molar-refractivity contribution < 1.29 is 14.1 Å². The largest absolute Gasteiger partial charge is 0.376 e. The minimum atomic E-state index is -0.614. The van der Waals surface area contributed by atoms with Gasteiger partial charge in [0.05, 0.1) is 17.1 Å². The first-order valence-electron chi connectivity index (χ1n) is 5.90. The summed E-state index contributed by atoms with van der Waals surface area (Å²) < 4.78 is 18.5. The van der Waals surface area contributed by atoms with Gasteiger partial charge < -0.3 is 10.1 Å². The van der Waals surface area contributed by atoms with Crippen LogP contribution in [0.2, 0.25) is 0 Å². The molecule has 0 aromatic heterocycles. The Morgan fingerprint density at radius 3 is 3.00 bits per heavy atom. The summed E-state index contributed by atoms with van der Waals surface area (Å²) in [5, 5.41) is 13.9. The molecule has 1 aromatic rings. The third-order valence-electron chi connectivity index (χ3n) is 3.06. The molecule has 5 nitrogen and oxygen atoms in total. The van der Waals surface area contributed by atoms with Gasteiger partial charge in [-0.1, -0.05) is 0 Å². The third kappa shape index (κ3) is 2.76. The lowest BCUT2D eigenvalue weighted by Gasteiger charge is -2.20. The number of nitro groups is 1. The van der Waals surface area contributed by atoms with Crippen LogP contribution >= 0.6 is 0 Å². The van der Waals surface area contributed by atoms with Crippen molar-refractivity contribution in [1.82, 2.24) is 0 Å². The van der Waals surface area contributed by atoms with Gasteiger partial charge in [0.15, 0.2) is 0 Å². The fourth-order valence-corrected chi connectivity index (χ4v) is 2.11. The summed E-state index contributed by atoms with van der Waals surface area (Å²) in [4.78, 5) is 10.3. The van der Waals surface area contributed by atoms with E-state index in [1.807, 2.05) is 6.92 Å². The van der Waals surface area contributed by atoms with Crippen molar-refractivity contribution in [3.63, 3.8) is 0 Å². The summed E-state index contributed by atoms with van der Waals surface area (Å²) in [6, 6.07) is 3.47. The molecule has 2 atom stereocenters. The van der Waals surface area contributed by atoms with Crippen molar-refractivity contribution >= 4 is 11.4 Å². The van der Waals surface area contributed by atoms with Crippen LogP contribution < -0.4 is 5.32 Å². The number of nitro benzene ring substituents is 1. The summed E-state index contributed by atoms with van der Waals surface area (Å²) in [7, 11) is 0. The lowest BCUT2D eigenvalue weighted by atomic mass is 10.1. The van der Waals surface area contributed by atoms with Gasteiger partial charge in [-0.3, -0.25) is 10.1 Å². The van der Waals surface area contributed by atoms with Gasteiger partial charge in [-0.15, -0.1) is 0 Å². The van der Waals surface area contributed by atoms with Crippen LogP contribution in [0.1, 0.15) is 19.8 Å². The average molecular weight is 254 g/mol. The second kappa shape index (κ2) is 5.30. The van der Waals surface area contributed by atoms with Gasteiger partial charge in [0.25, 0.3) is 5.69 Å². The molecule has 1 heterocycles. The highest BCUT2D eigenvalue weighted by Gasteiger charge is 2.24. The summed E-state index contributed by atoms with van der Waals surface area (Å²) in [5.74, 6) is -0.614. The minimum Gasteiger partial charge on any atom is -0.376 e. The molecule has 6 heteroatoms. The number of anilines is 1. The van der Waals surface area contributed by atoms with Gasteiger partial charge in [0.1, 0.15) is 11.5 Å². The fraction of sp³-hybridized carbons (Fsp3) is 0.500. The van der Waals surface area contributed by atoms with E-state index in [2.05, 4.69) is 5.32 Å². The lowest BCUT2D eigenvalue weighted by molar-refractivity contribution is -0.384. The summed E-state index contributed by atoms with van der Waals surface area (Å²) in [5.41, 5.74) is 0.0734. The molecule has 0 amide bonds. The topological polar surface area (TPSA) is 64.4 Å². The van der Waals surface area contributed by atoms with Gasteiger partial charge in [0, 0.05) is 12.6 Å². The first-order valence-corrected chi connectivity index (χ1v) is 5.90. The Bertz CT molecular complexity index is 447. The zero-order valence-electron chi connectivity index (χ0n) is 10.1. The number of nitrogens with one attached hydrogen (secondary N) is 1. The molecular weight excluding hydrogens is 239 g/mol. The maximum atomic E-state index is 13.0. The van der Waals surface area contributed by atoms with E-state index >= 15 is 0 Å². The molecule has 1 aliphatic rings. The minimum absolute atomic E-state index is 0.0448. The van der Waals surface area contributed by atoms with Gasteiger partial charge in [-0.2, -0.15) is 0 Å². The molecule has 0 saturated carbocycles. The first kappa shape index (κ1) is 12.8. The normalized spacial score (nSPS) is 20.7. The molecule has 98 valence electrons. The average Bonchev–Trinajstić information content (AvgIpc) is 2.84. The molecule has 0 aliphatic carbocycles. The van der Waals surface area contributed by atoms with Crippen LogP contribution in [-0.4, -0.2) is 23.7 Å². The number of hydrogen-bond donors (Lipinski definition) is 1. The van der Waals surface area contributed by atoms with Gasteiger partial charge in [-0.25, -0.2) is 4.39 Å². The van der Waals surface area contributed by atoms with Crippen molar-refractivity contribution in [1.29, 1.82) is 0 Å². The number of ether oxygens (including phenoxy) is 1. The van der Waals surface area contributed by atoms with E-state index in [0.29, 0.717) is 5.69 Å². The number of benzene rings is 1. The highest BCUT2D eigenvalue weighted by molar-refractivity contribution is 5.61. The molecule has 18 heavy (non-hydrogen) atoms. The van der Waals surface area contributed by atoms with Crippen LogP contribution in [-0.2, 0) is 4.74 Å². The standard InChI is InChI=1S/C12H15FN2O3/c1-8(12-3-2-6-18-12)14-10-5-4-9(13)7-11(10)15(16)17/h4-5,7-8,12,14H,2-3,6H2,1H3. The Hall–Kier alpha value is -1.69. The number of halogens is 1. The van der Waals surface area contributed by atoms with E-state index in [1.165, 1.54) is 12.1 Å². The van der Waals surface area contributed by atoms with Crippen molar-refractivity contribution in [2.45, 2.75) is 31.9 Å². The highest BCUT2D eigenvalue weighted by atomic mass is 19.1. The Kier molecular flexibility index (Phi) is 3.76. The van der Waals surface area contributed by atoms with E-state index in [-0.39, 0.29) is 17.8 Å². The Labute approximate surface area is 104 Å². The monoisotopic (exact) mass is 254 g/mol. The molecule has 1 aromatic carbocycles. The second-order valence-corrected chi connectivity index (χ2v) is 4.40. The van der Waals surface area contributed by atoms with Gasteiger partial charge >= 0.3 is 0 Å². The molecule has 1 fully saturated rings. The summed E-state index contributed by atoms with van der Waals surface area (Å²) in [6.45, 7) is 2.63. The third-order valence-corrected chi connectivity index (χ3v) is 3.06. The number of hydrogen-bond acceptors (Lipinski definition) is 4. The molecule has 2 rings (SSSR count). The van der Waals surface area contributed by atoms with Crippen LogP contribution in [0, 0.1) is 15.9 Å². The van der Waals surface area contributed by atoms with Crippen LogP contribution in [0.3, 0.4) is 0 Å². The van der Waals surface area contributed by atoms with E-state index in [4.69, 9.17) is 4.74 Å². The van der Waals surface area contributed by atoms with E-state index in [9.17, 15) is 14.5 Å². The summed E-state index contributed by atoms with van der Waals surface area (Å²) in [6.07, 6.45) is 1.99. The van der Waals surface area contributed by atoms with E-state index < -0.39 is 10.7 Å². The van der Waals surface area contributed by atoms with E-state index in [1.54, 1.807) is 0 Å². The Morgan fingerprint density at radius 1 is 1.61 bits per heavy atom. The van der Waals surface area contributed by atoms with E-state index in [0.717, 1.165) is 25.5 Å². The van der Waals surface area contributed by atoms with Crippen LogP contribution in [0.4, 0.5) is 15.8 Å². The van der Waals surface area contributed by atoms with Crippen molar-refractivity contribution in [3.8, 4) is 0 Å². The molecule has 1 N–H and O–H groups in total. The Balaban J connectivity index is 2.15. The van der Waals surface area contributed by atoms with Gasteiger partial charge in [0.2, 0.25) is 0 Å². The quantitative estimate of drug-likeness (QED) is 0.662. The van der Waals surface area contributed by atoms with Crippen molar-refractivity contribution in [2.24, 2.45) is 0 Å². The molecule has 0 spiro atoms. The maximum absolute atomic E-state index is 13.0. The molecule has 2 unspecified atom stereocenters. The Morgan fingerprint density at radius 2 is 2.39 bits per heavy atom. The predicted molar refractivity (Wildman–Crippen MR) is 65.1 cm³/mol.